The van der Waals surface area contributed by atoms with E-state index in [-0.39, 0.29) is 0 Å². The highest BCUT2D eigenvalue weighted by Crippen LogP contribution is 2.04. The third kappa shape index (κ3) is 10.5. The van der Waals surface area contributed by atoms with Crippen molar-refractivity contribution in [3.63, 3.8) is 0 Å². The van der Waals surface area contributed by atoms with Crippen LogP contribution in [0.2, 0.25) is 0 Å². The van der Waals surface area contributed by atoms with Gasteiger partial charge in [0.1, 0.15) is 0 Å². The summed E-state index contributed by atoms with van der Waals surface area (Å²) in [6, 6.07) is 1.39. The number of rotatable bonds is 5. The van der Waals surface area contributed by atoms with Gasteiger partial charge in [-0.25, -0.2) is 4.79 Å². The SMILES string of the molecule is CCCN(C(C)C)C(C)C.O=C(O)C(Cl)Cl. The lowest BCUT2D eigenvalue weighted by atomic mass is 10.2. The first kappa shape index (κ1) is 18.4. The number of hydrogen-bond donors (Lipinski definition) is 1. The molecule has 0 saturated heterocycles. The van der Waals surface area contributed by atoms with Crippen LogP contribution < -0.4 is 0 Å². The number of carbonyl (C=O) groups is 1. The average molecular weight is 272 g/mol. The molecule has 0 fully saturated rings. The monoisotopic (exact) mass is 271 g/mol. The van der Waals surface area contributed by atoms with Crippen LogP contribution >= 0.6 is 23.2 Å². The van der Waals surface area contributed by atoms with E-state index in [1.165, 1.54) is 13.0 Å². The highest BCUT2D eigenvalue weighted by Gasteiger charge is 2.10. The van der Waals surface area contributed by atoms with E-state index >= 15 is 0 Å². The summed E-state index contributed by atoms with van der Waals surface area (Å²) >= 11 is 9.56. The molecule has 0 aliphatic carbocycles. The highest BCUT2D eigenvalue weighted by atomic mass is 35.5. The van der Waals surface area contributed by atoms with Crippen molar-refractivity contribution in [1.82, 2.24) is 4.90 Å². The van der Waals surface area contributed by atoms with E-state index in [4.69, 9.17) is 28.3 Å². The van der Waals surface area contributed by atoms with Gasteiger partial charge in [0.15, 0.2) is 0 Å². The Morgan fingerprint density at radius 2 is 1.50 bits per heavy atom. The topological polar surface area (TPSA) is 40.5 Å². The van der Waals surface area contributed by atoms with Gasteiger partial charge in [0.2, 0.25) is 4.84 Å². The van der Waals surface area contributed by atoms with Crippen molar-refractivity contribution in [3.8, 4) is 0 Å². The largest absolute Gasteiger partial charge is 0.479 e. The Kier molecular flexibility index (Phi) is 11.7. The van der Waals surface area contributed by atoms with Crippen LogP contribution in [0, 0.1) is 0 Å². The number of aliphatic carboxylic acids is 1. The molecule has 0 unspecified atom stereocenters. The van der Waals surface area contributed by atoms with Crippen LogP contribution in [0.15, 0.2) is 0 Å². The minimum Gasteiger partial charge on any atom is -0.479 e. The Labute approximate surface area is 109 Å². The summed E-state index contributed by atoms with van der Waals surface area (Å²) in [6.45, 7) is 12.5. The molecule has 16 heavy (non-hydrogen) atoms. The predicted octanol–water partition coefficient (Wildman–Crippen LogP) is 3.39. The van der Waals surface area contributed by atoms with Crippen LogP contribution in [0.4, 0.5) is 0 Å². The number of alkyl halides is 2. The van der Waals surface area contributed by atoms with E-state index < -0.39 is 10.8 Å². The second kappa shape index (κ2) is 10.2. The predicted molar refractivity (Wildman–Crippen MR) is 70.4 cm³/mol. The van der Waals surface area contributed by atoms with Gasteiger partial charge in [0, 0.05) is 12.1 Å². The lowest BCUT2D eigenvalue weighted by Gasteiger charge is -2.29. The first-order valence-electron chi connectivity index (χ1n) is 5.50. The zero-order valence-electron chi connectivity index (χ0n) is 10.7. The summed E-state index contributed by atoms with van der Waals surface area (Å²) < 4.78 is 0. The Morgan fingerprint density at radius 3 is 1.56 bits per heavy atom. The number of nitrogens with zero attached hydrogens (tertiary/aromatic N) is 1. The molecule has 1 N–H and O–H groups in total. The van der Waals surface area contributed by atoms with Gasteiger partial charge in [-0.2, -0.15) is 0 Å². The standard InChI is InChI=1S/C9H21N.C2H2Cl2O2/c1-6-7-10(8(2)3)9(4)5;3-1(4)2(5)6/h8-9H,6-7H2,1-5H3;1H,(H,5,6). The van der Waals surface area contributed by atoms with Crippen molar-refractivity contribution in [2.45, 2.75) is 58.0 Å². The van der Waals surface area contributed by atoms with Gasteiger partial charge in [-0.05, 0) is 40.7 Å². The van der Waals surface area contributed by atoms with Crippen molar-refractivity contribution >= 4 is 29.2 Å². The van der Waals surface area contributed by atoms with Crippen LogP contribution in [0.3, 0.4) is 0 Å². The maximum absolute atomic E-state index is 9.44. The molecule has 0 amide bonds. The van der Waals surface area contributed by atoms with Crippen LogP contribution in [-0.2, 0) is 4.79 Å². The van der Waals surface area contributed by atoms with Gasteiger partial charge in [-0.3, -0.25) is 4.90 Å². The molecule has 0 aromatic rings. The Bertz CT molecular complexity index is 177. The fourth-order valence-corrected chi connectivity index (χ4v) is 1.37. The minimum absolute atomic E-state index is 0.694. The smallest absolute Gasteiger partial charge is 0.337 e. The molecule has 0 atom stereocenters. The molecular formula is C11H23Cl2NO2. The summed E-state index contributed by atoms with van der Waals surface area (Å²) in [5, 5.41) is 7.73. The minimum atomic E-state index is -1.29. The molecular weight excluding hydrogens is 249 g/mol. The van der Waals surface area contributed by atoms with Crippen molar-refractivity contribution in [1.29, 1.82) is 0 Å². The fraction of sp³-hybridized carbons (Fsp3) is 0.909. The summed E-state index contributed by atoms with van der Waals surface area (Å²) in [7, 11) is 0. The molecule has 0 aromatic carbocycles. The number of hydrogen-bond acceptors (Lipinski definition) is 2. The molecule has 0 aliphatic heterocycles. The molecule has 0 bridgehead atoms. The Balaban J connectivity index is 0. The fourth-order valence-electron chi connectivity index (χ4n) is 1.37. The maximum atomic E-state index is 9.44. The molecule has 98 valence electrons. The van der Waals surface area contributed by atoms with E-state index in [2.05, 4.69) is 39.5 Å². The van der Waals surface area contributed by atoms with E-state index in [1.807, 2.05) is 0 Å². The van der Waals surface area contributed by atoms with Gasteiger partial charge < -0.3 is 5.11 Å². The van der Waals surface area contributed by atoms with Gasteiger partial charge in [0.05, 0.1) is 0 Å². The molecule has 0 heterocycles. The molecule has 0 spiro atoms. The van der Waals surface area contributed by atoms with Crippen LogP contribution in [0.1, 0.15) is 41.0 Å². The molecule has 0 radical (unpaired) electrons. The zero-order valence-corrected chi connectivity index (χ0v) is 12.2. The summed E-state index contributed by atoms with van der Waals surface area (Å²) in [5.74, 6) is -1.21. The maximum Gasteiger partial charge on any atom is 0.337 e. The zero-order chi connectivity index (χ0) is 13.3. The van der Waals surface area contributed by atoms with E-state index in [0.29, 0.717) is 12.1 Å². The van der Waals surface area contributed by atoms with E-state index in [9.17, 15) is 4.79 Å². The Hall–Kier alpha value is 0.01000. The number of carboxylic acids is 1. The van der Waals surface area contributed by atoms with Crippen molar-refractivity contribution < 1.29 is 9.90 Å². The average Bonchev–Trinajstić information content (AvgIpc) is 2.13. The first-order chi connectivity index (χ1) is 7.23. The first-order valence-corrected chi connectivity index (χ1v) is 6.37. The molecule has 0 aliphatic rings. The van der Waals surface area contributed by atoms with Gasteiger partial charge in [-0.15, -0.1) is 0 Å². The molecule has 5 heteroatoms. The second-order valence-electron chi connectivity index (χ2n) is 4.06. The summed E-state index contributed by atoms with van der Waals surface area (Å²) in [4.78, 5) is 10.7. The number of halogens is 2. The normalized spacial score (nSPS) is 10.9. The van der Waals surface area contributed by atoms with Crippen LogP contribution in [0.5, 0.6) is 0 Å². The lowest BCUT2D eigenvalue weighted by Crippen LogP contribution is -2.37. The van der Waals surface area contributed by atoms with Gasteiger partial charge in [-0.1, -0.05) is 30.1 Å². The molecule has 3 nitrogen and oxygen atoms in total. The third-order valence-electron chi connectivity index (χ3n) is 2.00. The number of carboxylic acid groups (broad SMARTS) is 1. The quantitative estimate of drug-likeness (QED) is 0.780. The van der Waals surface area contributed by atoms with Crippen LogP contribution in [0.25, 0.3) is 0 Å². The molecule has 0 aromatic heterocycles. The van der Waals surface area contributed by atoms with Crippen molar-refractivity contribution in [3.05, 3.63) is 0 Å². The van der Waals surface area contributed by atoms with E-state index in [1.54, 1.807) is 0 Å². The Morgan fingerprint density at radius 1 is 1.19 bits per heavy atom. The summed E-state index contributed by atoms with van der Waals surface area (Å²) in [5.41, 5.74) is 0. The van der Waals surface area contributed by atoms with Crippen LogP contribution in [-0.4, -0.2) is 39.4 Å². The highest BCUT2D eigenvalue weighted by molar-refractivity contribution is 6.52. The van der Waals surface area contributed by atoms with Gasteiger partial charge in [0.25, 0.3) is 0 Å². The molecule has 0 saturated carbocycles. The van der Waals surface area contributed by atoms with Crippen molar-refractivity contribution in [2.75, 3.05) is 6.54 Å². The molecule has 0 rings (SSSR count). The third-order valence-corrected chi connectivity index (χ3v) is 2.37. The second-order valence-corrected chi connectivity index (χ2v) is 5.16. The van der Waals surface area contributed by atoms with E-state index in [0.717, 1.165) is 0 Å². The summed E-state index contributed by atoms with van der Waals surface area (Å²) in [6.07, 6.45) is 1.26. The van der Waals surface area contributed by atoms with Gasteiger partial charge >= 0.3 is 5.97 Å². The van der Waals surface area contributed by atoms with Crippen molar-refractivity contribution in [2.24, 2.45) is 0 Å². The lowest BCUT2D eigenvalue weighted by molar-refractivity contribution is -0.135.